The summed E-state index contributed by atoms with van der Waals surface area (Å²) >= 11 is 0. The Morgan fingerprint density at radius 1 is 0.387 bits per heavy atom. The molecule has 0 bridgehead atoms. The van der Waals surface area contributed by atoms with Crippen molar-refractivity contribution in [2.45, 2.75) is 332 Å². The van der Waals surface area contributed by atoms with Crippen LogP contribution in [0.1, 0.15) is 283 Å². The molecule has 18 atom stereocenters. The van der Waals surface area contributed by atoms with Crippen molar-refractivity contribution in [3.63, 3.8) is 0 Å². The van der Waals surface area contributed by atoms with E-state index in [-0.39, 0.29) is 54.5 Å². The van der Waals surface area contributed by atoms with E-state index in [0.29, 0.717) is 43.5 Å². The predicted octanol–water partition coefficient (Wildman–Crippen LogP) is 19.4. The first-order chi connectivity index (χ1) is 36.1. The Hall–Kier alpha value is -0.0900. The zero-order chi connectivity index (χ0) is 55.0. The lowest BCUT2D eigenvalue weighted by atomic mass is 9.69. The molecule has 2 heterocycles. The number of hydrogen-bond acceptors (Lipinski definition) is 9. The average Bonchev–Trinajstić information content (AvgIpc) is 3.40. The van der Waals surface area contributed by atoms with E-state index in [1.165, 1.54) is 161 Å². The summed E-state index contributed by atoms with van der Waals surface area (Å²) in [6, 6.07) is 0. The SMILES string of the molecule is CCCCCCCCCCCCCCCCOC[C@H](COP(C)(=O)OC1C(O[C@H]2OC(CC)[C@@H](C)[C@H](C)C2C)C(C)C(C)[C@H](C)C1O[C@H]1OC(CC)[C@@H](C)C(C)[C@H]1C)OCCCCCCCCCCCCCCCC. The van der Waals surface area contributed by atoms with Gasteiger partial charge in [0, 0.05) is 31.7 Å². The fraction of sp³-hybridized carbons (Fsp3) is 1.00. The molecule has 0 aromatic rings. The van der Waals surface area contributed by atoms with E-state index >= 15 is 0 Å². The molecule has 0 spiro atoms. The Morgan fingerprint density at radius 3 is 1.08 bits per heavy atom. The molecular formula is C65H127O9P. The van der Waals surface area contributed by atoms with Gasteiger partial charge < -0.3 is 32.9 Å². The summed E-state index contributed by atoms with van der Waals surface area (Å²) in [7, 11) is -3.71. The molecule has 1 saturated carbocycles. The van der Waals surface area contributed by atoms with Crippen molar-refractivity contribution < 1.29 is 42.0 Å². The van der Waals surface area contributed by atoms with Crippen molar-refractivity contribution in [3.05, 3.63) is 0 Å². The Morgan fingerprint density at radius 2 is 0.720 bits per heavy atom. The Kier molecular flexibility index (Phi) is 37.0. The molecule has 10 unspecified atom stereocenters. The van der Waals surface area contributed by atoms with Gasteiger partial charge in [0.2, 0.25) is 0 Å². The Balaban J connectivity index is 1.66. The number of hydrogen-bond donors (Lipinski definition) is 0. The molecule has 2 saturated heterocycles. The molecule has 75 heavy (non-hydrogen) atoms. The second-order valence-corrected chi connectivity index (χ2v) is 27.2. The van der Waals surface area contributed by atoms with E-state index in [1.807, 2.05) is 0 Å². The fourth-order valence-electron chi connectivity index (χ4n) is 12.7. The van der Waals surface area contributed by atoms with Gasteiger partial charge in [0.15, 0.2) is 12.6 Å². The highest BCUT2D eigenvalue weighted by Gasteiger charge is 2.54. The van der Waals surface area contributed by atoms with Crippen LogP contribution in [-0.4, -0.2) is 82.3 Å². The third-order valence-electron chi connectivity index (χ3n) is 19.3. The summed E-state index contributed by atoms with van der Waals surface area (Å²) in [5, 5.41) is 0. The predicted molar refractivity (Wildman–Crippen MR) is 316 cm³/mol. The van der Waals surface area contributed by atoms with Gasteiger partial charge in [-0.05, 0) is 67.1 Å². The van der Waals surface area contributed by atoms with Crippen molar-refractivity contribution in [2.75, 3.05) is 33.1 Å². The summed E-state index contributed by atoms with van der Waals surface area (Å²) in [5.74, 6) is 2.41. The lowest BCUT2D eigenvalue weighted by molar-refractivity contribution is -0.320. The van der Waals surface area contributed by atoms with Crippen LogP contribution < -0.4 is 0 Å². The summed E-state index contributed by atoms with van der Waals surface area (Å²) in [6.07, 6.45) is 36.4. The van der Waals surface area contributed by atoms with E-state index in [9.17, 15) is 4.57 Å². The molecule has 446 valence electrons. The van der Waals surface area contributed by atoms with Crippen molar-refractivity contribution in [1.82, 2.24) is 0 Å². The first-order valence-corrected chi connectivity index (χ1v) is 34.8. The van der Waals surface area contributed by atoms with Crippen molar-refractivity contribution in [1.29, 1.82) is 0 Å². The largest absolute Gasteiger partial charge is 0.379 e. The molecule has 3 rings (SSSR count). The van der Waals surface area contributed by atoms with Crippen LogP contribution in [0.25, 0.3) is 0 Å². The molecule has 0 N–H and O–H groups in total. The maximum Gasteiger partial charge on any atom is 0.328 e. The van der Waals surface area contributed by atoms with E-state index in [4.69, 9.17) is 37.5 Å². The van der Waals surface area contributed by atoms with Crippen LogP contribution >= 0.6 is 7.60 Å². The van der Waals surface area contributed by atoms with Crippen LogP contribution in [0.4, 0.5) is 0 Å². The molecule has 3 fully saturated rings. The van der Waals surface area contributed by atoms with E-state index in [1.54, 1.807) is 6.66 Å². The van der Waals surface area contributed by atoms with Gasteiger partial charge in [-0.3, -0.25) is 9.09 Å². The molecule has 3 aliphatic rings. The van der Waals surface area contributed by atoms with Gasteiger partial charge >= 0.3 is 7.60 Å². The number of ether oxygens (including phenoxy) is 6. The van der Waals surface area contributed by atoms with Crippen LogP contribution in [0.2, 0.25) is 0 Å². The van der Waals surface area contributed by atoms with Gasteiger partial charge in [-0.2, -0.15) is 0 Å². The van der Waals surface area contributed by atoms with Crippen LogP contribution in [0.5, 0.6) is 0 Å². The van der Waals surface area contributed by atoms with Crippen LogP contribution in [0.3, 0.4) is 0 Å². The molecule has 2 aliphatic heterocycles. The van der Waals surface area contributed by atoms with E-state index < -0.39 is 38.5 Å². The normalized spacial score (nSPS) is 32.7. The monoisotopic (exact) mass is 1080 g/mol. The molecule has 0 aromatic carbocycles. The van der Waals surface area contributed by atoms with Crippen molar-refractivity contribution in [3.8, 4) is 0 Å². The summed E-state index contributed by atoms with van der Waals surface area (Å²) in [5.41, 5.74) is 0. The maximum atomic E-state index is 15.0. The van der Waals surface area contributed by atoms with Crippen LogP contribution in [-0.2, 0) is 42.0 Å². The summed E-state index contributed by atoms with van der Waals surface area (Å²) in [6.45, 7) is 33.1. The van der Waals surface area contributed by atoms with Gasteiger partial charge in [0.05, 0.1) is 37.6 Å². The lowest BCUT2D eigenvalue weighted by Gasteiger charge is -2.53. The first-order valence-electron chi connectivity index (χ1n) is 32.8. The minimum absolute atomic E-state index is 0.0758. The number of unbranched alkanes of at least 4 members (excludes halogenated alkanes) is 26. The highest BCUT2D eigenvalue weighted by atomic mass is 31.2. The second kappa shape index (κ2) is 40.2. The second-order valence-electron chi connectivity index (χ2n) is 25.2. The van der Waals surface area contributed by atoms with Crippen molar-refractivity contribution >= 4 is 7.60 Å². The smallest absolute Gasteiger partial charge is 0.328 e. The first kappa shape index (κ1) is 69.2. The highest BCUT2D eigenvalue weighted by molar-refractivity contribution is 7.53. The zero-order valence-corrected chi connectivity index (χ0v) is 52.9. The maximum absolute atomic E-state index is 15.0. The topological polar surface area (TPSA) is 90.9 Å². The minimum Gasteiger partial charge on any atom is -0.379 e. The van der Waals surface area contributed by atoms with Crippen LogP contribution in [0.15, 0.2) is 0 Å². The van der Waals surface area contributed by atoms with Gasteiger partial charge in [-0.25, -0.2) is 0 Å². The molecule has 10 heteroatoms. The van der Waals surface area contributed by atoms with Crippen molar-refractivity contribution in [2.24, 2.45) is 53.3 Å². The molecule has 0 amide bonds. The third-order valence-corrected chi connectivity index (χ3v) is 20.5. The van der Waals surface area contributed by atoms with E-state index in [2.05, 4.69) is 90.0 Å². The average molecular weight is 1080 g/mol. The molecule has 0 aromatic heterocycles. The summed E-state index contributed by atoms with van der Waals surface area (Å²) < 4.78 is 69.3. The number of rotatable bonds is 44. The van der Waals surface area contributed by atoms with Gasteiger partial charge in [-0.15, -0.1) is 0 Å². The fourth-order valence-corrected chi connectivity index (χ4v) is 13.9. The van der Waals surface area contributed by atoms with Gasteiger partial charge in [-0.1, -0.05) is 257 Å². The Bertz CT molecular complexity index is 1360. The summed E-state index contributed by atoms with van der Waals surface area (Å²) in [4.78, 5) is 0. The minimum atomic E-state index is -3.71. The zero-order valence-electron chi connectivity index (χ0n) is 52.0. The van der Waals surface area contributed by atoms with E-state index in [0.717, 1.165) is 32.1 Å². The lowest BCUT2D eigenvalue weighted by Crippen LogP contribution is -2.60. The highest BCUT2D eigenvalue weighted by Crippen LogP contribution is 2.52. The molecule has 0 radical (unpaired) electrons. The quantitative estimate of drug-likeness (QED) is 0.0437. The molecule has 9 nitrogen and oxygen atoms in total. The third kappa shape index (κ3) is 25.7. The van der Waals surface area contributed by atoms with Gasteiger partial charge in [0.25, 0.3) is 0 Å². The standard InChI is InChI=1S/C65H127O9P/c1-15-19-21-23-25-27-29-31-33-35-37-39-41-43-45-67-47-58(68-46-44-42-40-38-36-34-32-30-28-26-24-22-20-16-2)48-69-75(14,66)74-63-61(72-64-56(12)49(5)52(8)59(17-3)70-64)54(10)51(7)55(11)62(63)73-65-57(13)50(6)53(9)60(18-4)71-65/h49-65H,15-48H2,1-14H3/t49-,50?,51?,52-,53-,54?,55-,56?,57+,58+,59?,60?,61?,62?,63?,64+,65+,75?/m0/s1. The van der Waals surface area contributed by atoms with Crippen LogP contribution in [0, 0.1) is 53.3 Å². The molecule has 1 aliphatic carbocycles. The van der Waals surface area contributed by atoms with Gasteiger partial charge in [0.1, 0.15) is 12.2 Å². The molecular weight excluding hydrogens is 956 g/mol. The Labute approximate surface area is 465 Å².